The average Bonchev–Trinajstić information content (AvgIpc) is 3.41. The molecule has 0 radical (unpaired) electrons. The lowest BCUT2D eigenvalue weighted by Gasteiger charge is -2.13. The standard InChI is InChI=1S/C20H19ClN4OS/c1-24-11-10-22-20(24)15-3-5-16(6-4-15)25-13-14(12-23-25)2-7-17(26)18-8-9-19(21)27-18/h3-6,8-9,12-13H,2,7,10-11H2,1H3. The first-order valence-electron chi connectivity index (χ1n) is 8.78. The predicted molar refractivity (Wildman–Crippen MR) is 110 cm³/mol. The van der Waals surface area contributed by atoms with Crippen LogP contribution in [0.3, 0.4) is 0 Å². The summed E-state index contributed by atoms with van der Waals surface area (Å²) in [6, 6.07) is 11.8. The number of aliphatic imine (C=N–C) groups is 1. The molecule has 0 bridgehead atoms. The number of amidine groups is 1. The fourth-order valence-electron chi connectivity index (χ4n) is 3.08. The second kappa shape index (κ2) is 7.66. The molecule has 0 fully saturated rings. The number of halogens is 1. The number of carbonyl (C=O) groups excluding carboxylic acids is 1. The Labute approximate surface area is 166 Å². The van der Waals surface area contributed by atoms with E-state index in [0.29, 0.717) is 22.1 Å². The summed E-state index contributed by atoms with van der Waals surface area (Å²) in [5.41, 5.74) is 3.14. The lowest BCUT2D eigenvalue weighted by Crippen LogP contribution is -2.23. The highest BCUT2D eigenvalue weighted by atomic mass is 35.5. The highest BCUT2D eigenvalue weighted by molar-refractivity contribution is 7.18. The normalized spacial score (nSPS) is 13.9. The SMILES string of the molecule is CN1CCN=C1c1ccc(-n2cc(CCC(=O)c3ccc(Cl)s3)cn2)cc1. The van der Waals surface area contributed by atoms with Crippen LogP contribution in [0.25, 0.3) is 5.69 Å². The molecule has 1 aliphatic heterocycles. The molecular formula is C20H19ClN4OS. The lowest BCUT2D eigenvalue weighted by atomic mass is 10.1. The number of likely N-dealkylation sites (N-methyl/N-ethyl adjacent to an activating group) is 1. The van der Waals surface area contributed by atoms with Gasteiger partial charge >= 0.3 is 0 Å². The quantitative estimate of drug-likeness (QED) is 0.587. The lowest BCUT2D eigenvalue weighted by molar-refractivity contribution is 0.0986. The number of thiophene rings is 1. The van der Waals surface area contributed by atoms with Gasteiger partial charge < -0.3 is 4.90 Å². The number of aryl methyl sites for hydroxylation is 1. The van der Waals surface area contributed by atoms with E-state index < -0.39 is 0 Å². The number of carbonyl (C=O) groups is 1. The molecule has 27 heavy (non-hydrogen) atoms. The molecule has 0 amide bonds. The molecular weight excluding hydrogens is 380 g/mol. The maximum Gasteiger partial charge on any atom is 0.173 e. The van der Waals surface area contributed by atoms with E-state index in [0.717, 1.165) is 35.7 Å². The first kappa shape index (κ1) is 17.9. The van der Waals surface area contributed by atoms with E-state index in [4.69, 9.17) is 11.6 Å². The van der Waals surface area contributed by atoms with Gasteiger partial charge in [-0.05, 0) is 48.4 Å². The molecule has 0 saturated heterocycles. The van der Waals surface area contributed by atoms with Gasteiger partial charge in [0.2, 0.25) is 0 Å². The van der Waals surface area contributed by atoms with Crippen LogP contribution in [0.4, 0.5) is 0 Å². The molecule has 0 spiro atoms. The molecule has 138 valence electrons. The molecule has 3 aromatic rings. The zero-order valence-corrected chi connectivity index (χ0v) is 16.5. The van der Waals surface area contributed by atoms with Crippen molar-refractivity contribution in [2.24, 2.45) is 4.99 Å². The van der Waals surface area contributed by atoms with E-state index in [1.165, 1.54) is 11.3 Å². The number of ketones is 1. The third-order valence-corrected chi connectivity index (χ3v) is 5.85. The second-order valence-corrected chi connectivity index (χ2v) is 8.21. The van der Waals surface area contributed by atoms with E-state index in [1.54, 1.807) is 12.1 Å². The monoisotopic (exact) mass is 398 g/mol. The van der Waals surface area contributed by atoms with Gasteiger partial charge in [0.25, 0.3) is 0 Å². The maximum atomic E-state index is 12.2. The van der Waals surface area contributed by atoms with E-state index in [9.17, 15) is 4.79 Å². The number of benzene rings is 1. The number of aromatic nitrogens is 2. The van der Waals surface area contributed by atoms with Crippen LogP contribution in [-0.4, -0.2) is 46.4 Å². The van der Waals surface area contributed by atoms with Gasteiger partial charge in [-0.1, -0.05) is 11.6 Å². The van der Waals surface area contributed by atoms with Crippen LogP contribution >= 0.6 is 22.9 Å². The van der Waals surface area contributed by atoms with Crippen LogP contribution in [0.2, 0.25) is 4.34 Å². The molecule has 3 heterocycles. The van der Waals surface area contributed by atoms with Gasteiger partial charge in [-0.2, -0.15) is 5.10 Å². The molecule has 4 rings (SSSR count). The Balaban J connectivity index is 1.41. The Morgan fingerprint density at radius 2 is 2.04 bits per heavy atom. The summed E-state index contributed by atoms with van der Waals surface area (Å²) in [4.78, 5) is 19.6. The molecule has 1 aliphatic rings. The molecule has 0 N–H and O–H groups in total. The van der Waals surface area contributed by atoms with Gasteiger partial charge in [-0.25, -0.2) is 4.68 Å². The number of hydrogen-bond donors (Lipinski definition) is 0. The van der Waals surface area contributed by atoms with Crippen molar-refractivity contribution in [3.05, 3.63) is 69.1 Å². The third kappa shape index (κ3) is 3.96. The summed E-state index contributed by atoms with van der Waals surface area (Å²) in [7, 11) is 2.06. The van der Waals surface area contributed by atoms with Crippen LogP contribution in [0.5, 0.6) is 0 Å². The number of rotatable bonds is 6. The summed E-state index contributed by atoms with van der Waals surface area (Å²) < 4.78 is 2.48. The highest BCUT2D eigenvalue weighted by Crippen LogP contribution is 2.23. The largest absolute Gasteiger partial charge is 0.358 e. The molecule has 1 aromatic carbocycles. The fourth-order valence-corrected chi connectivity index (χ4v) is 4.09. The highest BCUT2D eigenvalue weighted by Gasteiger charge is 2.14. The van der Waals surface area contributed by atoms with Gasteiger partial charge in [-0.15, -0.1) is 11.3 Å². The van der Waals surface area contributed by atoms with Gasteiger partial charge in [0.15, 0.2) is 5.78 Å². The number of nitrogens with zero attached hydrogens (tertiary/aromatic N) is 4. The van der Waals surface area contributed by atoms with Gasteiger partial charge in [0.05, 0.1) is 27.6 Å². The van der Waals surface area contributed by atoms with Crippen molar-refractivity contribution >= 4 is 34.6 Å². The Morgan fingerprint density at radius 1 is 1.22 bits per heavy atom. The minimum atomic E-state index is 0.116. The fraction of sp³-hybridized carbons (Fsp3) is 0.250. The summed E-state index contributed by atoms with van der Waals surface area (Å²) >= 11 is 7.22. The molecule has 0 atom stereocenters. The minimum absolute atomic E-state index is 0.116. The van der Waals surface area contributed by atoms with Crippen molar-refractivity contribution < 1.29 is 4.79 Å². The zero-order chi connectivity index (χ0) is 18.8. The first-order valence-corrected chi connectivity index (χ1v) is 9.98. The Kier molecular flexibility index (Phi) is 5.09. The average molecular weight is 399 g/mol. The summed E-state index contributed by atoms with van der Waals surface area (Å²) in [5, 5.41) is 4.43. The second-order valence-electron chi connectivity index (χ2n) is 6.49. The minimum Gasteiger partial charge on any atom is -0.358 e. The van der Waals surface area contributed by atoms with Crippen molar-refractivity contribution in [2.75, 3.05) is 20.1 Å². The summed E-state index contributed by atoms with van der Waals surface area (Å²) in [6.07, 6.45) is 4.90. The van der Waals surface area contributed by atoms with Crippen molar-refractivity contribution in [3.63, 3.8) is 0 Å². The van der Waals surface area contributed by atoms with Crippen LogP contribution in [-0.2, 0) is 6.42 Å². The topological polar surface area (TPSA) is 50.5 Å². The van der Waals surface area contributed by atoms with Crippen LogP contribution < -0.4 is 0 Å². The number of hydrogen-bond acceptors (Lipinski definition) is 5. The van der Waals surface area contributed by atoms with Gasteiger partial charge in [0.1, 0.15) is 5.84 Å². The first-order chi connectivity index (χ1) is 13.1. The van der Waals surface area contributed by atoms with Crippen molar-refractivity contribution in [2.45, 2.75) is 12.8 Å². The van der Waals surface area contributed by atoms with Crippen molar-refractivity contribution in [3.8, 4) is 5.69 Å². The number of Topliss-reactive ketones (excluding diaryl/α,β-unsaturated/α-hetero) is 1. The van der Waals surface area contributed by atoms with E-state index in [-0.39, 0.29) is 5.78 Å². The molecule has 7 heteroatoms. The molecule has 2 aromatic heterocycles. The van der Waals surface area contributed by atoms with Gasteiger partial charge in [0, 0.05) is 31.8 Å². The molecule has 0 unspecified atom stereocenters. The molecule has 0 aliphatic carbocycles. The van der Waals surface area contributed by atoms with Crippen LogP contribution in [0.1, 0.15) is 27.2 Å². The Morgan fingerprint density at radius 3 is 2.70 bits per heavy atom. The molecule has 0 saturated carbocycles. The van der Waals surface area contributed by atoms with Crippen LogP contribution in [0.15, 0.2) is 53.8 Å². The third-order valence-electron chi connectivity index (χ3n) is 4.57. The van der Waals surface area contributed by atoms with E-state index in [1.807, 2.05) is 29.2 Å². The van der Waals surface area contributed by atoms with Crippen molar-refractivity contribution in [1.82, 2.24) is 14.7 Å². The maximum absolute atomic E-state index is 12.2. The smallest absolute Gasteiger partial charge is 0.173 e. The van der Waals surface area contributed by atoms with Crippen LogP contribution in [0, 0.1) is 0 Å². The summed E-state index contributed by atoms with van der Waals surface area (Å²) in [6.45, 7) is 1.82. The van der Waals surface area contributed by atoms with E-state index in [2.05, 4.69) is 34.2 Å². The zero-order valence-electron chi connectivity index (χ0n) is 14.9. The Hall–Kier alpha value is -2.44. The summed E-state index contributed by atoms with van der Waals surface area (Å²) in [5.74, 6) is 1.15. The molecule has 5 nitrogen and oxygen atoms in total. The Bertz CT molecular complexity index is 990. The predicted octanol–water partition coefficient (Wildman–Crippen LogP) is 4.09. The van der Waals surface area contributed by atoms with E-state index >= 15 is 0 Å². The van der Waals surface area contributed by atoms with Crippen molar-refractivity contribution in [1.29, 1.82) is 0 Å². The van der Waals surface area contributed by atoms with Gasteiger partial charge in [-0.3, -0.25) is 9.79 Å².